The van der Waals surface area contributed by atoms with Crippen molar-refractivity contribution >= 4 is 21.5 Å². The maximum atomic E-state index is 4.62. The van der Waals surface area contributed by atoms with Crippen LogP contribution in [0.2, 0.25) is 0 Å². The first-order valence-electron chi connectivity index (χ1n) is 18.7. The molecule has 0 N–H and O–H groups in total. The first kappa shape index (κ1) is 33.0. The van der Waals surface area contributed by atoms with Gasteiger partial charge in [-0.25, -0.2) is 0 Å². The van der Waals surface area contributed by atoms with E-state index < -0.39 is 0 Å². The maximum absolute atomic E-state index is 4.62. The predicted molar refractivity (Wildman–Crippen MR) is 231 cm³/mol. The summed E-state index contributed by atoms with van der Waals surface area (Å²) in [5, 5.41) is 4.96. The number of aromatic nitrogens is 4. The molecule has 6 aromatic carbocycles. The largest absolute Gasteiger partial charge is 0.264 e. The minimum absolute atomic E-state index is 1.04. The molecular weight excluding hydrogens is 681 g/mol. The predicted octanol–water partition coefficient (Wildman–Crippen LogP) is 13.2. The summed E-state index contributed by atoms with van der Waals surface area (Å²) in [5.41, 5.74) is 15.4. The SMILES string of the molecule is c1cncc(-c2cncc(-c3cccc(-c4cc(-c5cccc(-c6cncc(-c7cccnc7)c6)c5)cc(-c5cc6ccccc6c6ccccc56)c4)c3)c2)c1. The van der Waals surface area contributed by atoms with E-state index in [2.05, 4.69) is 166 Å². The van der Waals surface area contributed by atoms with Gasteiger partial charge in [0.05, 0.1) is 0 Å². The van der Waals surface area contributed by atoms with Crippen LogP contribution in [-0.2, 0) is 0 Å². The summed E-state index contributed by atoms with van der Waals surface area (Å²) in [6.07, 6.45) is 15.0. The molecule has 0 aliphatic rings. The third-order valence-corrected chi connectivity index (χ3v) is 10.5. The molecule has 4 aromatic heterocycles. The van der Waals surface area contributed by atoms with Crippen molar-refractivity contribution < 1.29 is 0 Å². The average molecular weight is 715 g/mol. The van der Waals surface area contributed by atoms with E-state index in [0.717, 1.165) is 72.3 Å². The Kier molecular flexibility index (Phi) is 8.47. The van der Waals surface area contributed by atoms with Gasteiger partial charge in [-0.1, -0.05) is 97.1 Å². The van der Waals surface area contributed by atoms with Gasteiger partial charge in [-0.2, -0.15) is 0 Å². The highest BCUT2D eigenvalue weighted by Crippen LogP contribution is 2.40. The van der Waals surface area contributed by atoms with E-state index in [1.165, 1.54) is 27.1 Å². The number of hydrogen-bond donors (Lipinski definition) is 0. The van der Waals surface area contributed by atoms with E-state index in [9.17, 15) is 0 Å². The summed E-state index contributed by atoms with van der Waals surface area (Å²) in [7, 11) is 0. The fourth-order valence-electron chi connectivity index (χ4n) is 7.74. The summed E-state index contributed by atoms with van der Waals surface area (Å²) in [6, 6.07) is 56.8. The number of pyridine rings is 4. The molecule has 0 aliphatic heterocycles. The van der Waals surface area contributed by atoms with Gasteiger partial charge in [0.25, 0.3) is 0 Å². The second-order valence-corrected chi connectivity index (χ2v) is 14.1. The smallest absolute Gasteiger partial charge is 0.0347 e. The zero-order valence-electron chi connectivity index (χ0n) is 30.4. The number of nitrogens with zero attached hydrogens (tertiary/aromatic N) is 4. The van der Waals surface area contributed by atoms with Crippen LogP contribution >= 0.6 is 0 Å². The van der Waals surface area contributed by atoms with Crippen molar-refractivity contribution in [2.24, 2.45) is 0 Å². The molecule has 0 atom stereocenters. The monoisotopic (exact) mass is 714 g/mol. The Morgan fingerprint density at radius 2 is 0.625 bits per heavy atom. The molecule has 10 rings (SSSR count). The Labute approximate surface area is 325 Å². The molecule has 262 valence electrons. The van der Waals surface area contributed by atoms with Gasteiger partial charge < -0.3 is 0 Å². The van der Waals surface area contributed by atoms with Crippen LogP contribution in [0.3, 0.4) is 0 Å². The summed E-state index contributed by atoms with van der Waals surface area (Å²) in [4.78, 5) is 17.9. The standard InChI is InChI=1S/C52H34N4/c1-2-16-49-39(9-1)28-52(51-18-4-3-17-50(49)51)44-24-42(35-10-5-12-37(21-35)45-26-47(33-55-31-45)40-14-7-19-53-29-40)23-43(25-44)36-11-6-13-38(22-36)46-27-48(34-56-32-46)41-15-8-20-54-30-41/h1-34H. The summed E-state index contributed by atoms with van der Waals surface area (Å²) in [5.74, 6) is 0. The van der Waals surface area contributed by atoms with Gasteiger partial charge in [-0.15, -0.1) is 0 Å². The molecule has 0 saturated heterocycles. The van der Waals surface area contributed by atoms with Crippen molar-refractivity contribution in [3.05, 3.63) is 207 Å². The lowest BCUT2D eigenvalue weighted by Gasteiger charge is -2.16. The molecule has 4 heterocycles. The summed E-state index contributed by atoms with van der Waals surface area (Å²) in [6.45, 7) is 0. The topological polar surface area (TPSA) is 51.6 Å². The quantitative estimate of drug-likeness (QED) is 0.154. The Morgan fingerprint density at radius 3 is 1.16 bits per heavy atom. The van der Waals surface area contributed by atoms with Crippen molar-refractivity contribution in [1.29, 1.82) is 0 Å². The second kappa shape index (κ2) is 14.3. The maximum Gasteiger partial charge on any atom is 0.0347 e. The summed E-state index contributed by atoms with van der Waals surface area (Å²) >= 11 is 0. The molecule has 0 fully saturated rings. The van der Waals surface area contributed by atoms with Crippen LogP contribution in [0.5, 0.6) is 0 Å². The van der Waals surface area contributed by atoms with E-state index in [1.807, 2.05) is 49.3 Å². The van der Waals surface area contributed by atoms with E-state index in [1.54, 1.807) is 12.4 Å². The fourth-order valence-corrected chi connectivity index (χ4v) is 7.74. The first-order chi connectivity index (χ1) is 27.7. The molecular formula is C52H34N4. The van der Waals surface area contributed by atoms with Gasteiger partial charge in [0.15, 0.2) is 0 Å². The van der Waals surface area contributed by atoms with Crippen LogP contribution in [0.25, 0.3) is 99.4 Å². The van der Waals surface area contributed by atoms with Gasteiger partial charge in [0, 0.05) is 83.0 Å². The van der Waals surface area contributed by atoms with Crippen LogP contribution in [-0.4, -0.2) is 19.9 Å². The van der Waals surface area contributed by atoms with Gasteiger partial charge in [0.1, 0.15) is 0 Å². The van der Waals surface area contributed by atoms with Gasteiger partial charge in [-0.3, -0.25) is 19.9 Å². The lowest BCUT2D eigenvalue weighted by atomic mass is 9.88. The lowest BCUT2D eigenvalue weighted by molar-refractivity contribution is 1.30. The second-order valence-electron chi connectivity index (χ2n) is 14.1. The highest BCUT2D eigenvalue weighted by atomic mass is 14.6. The highest BCUT2D eigenvalue weighted by molar-refractivity contribution is 6.14. The zero-order valence-corrected chi connectivity index (χ0v) is 30.4. The van der Waals surface area contributed by atoms with Crippen LogP contribution in [0.15, 0.2) is 207 Å². The van der Waals surface area contributed by atoms with E-state index in [-0.39, 0.29) is 0 Å². The average Bonchev–Trinajstić information content (AvgIpc) is 3.29. The molecule has 0 bridgehead atoms. The molecule has 0 amide bonds. The van der Waals surface area contributed by atoms with Crippen molar-refractivity contribution in [1.82, 2.24) is 19.9 Å². The van der Waals surface area contributed by atoms with Crippen molar-refractivity contribution in [2.45, 2.75) is 0 Å². The lowest BCUT2D eigenvalue weighted by Crippen LogP contribution is -1.90. The minimum atomic E-state index is 1.04. The third kappa shape index (κ3) is 6.40. The Hall–Kier alpha value is -7.56. The highest BCUT2D eigenvalue weighted by Gasteiger charge is 2.14. The molecule has 10 aromatic rings. The molecule has 4 nitrogen and oxygen atoms in total. The molecule has 0 aliphatic carbocycles. The van der Waals surface area contributed by atoms with Gasteiger partial charge in [-0.05, 0) is 127 Å². The molecule has 56 heavy (non-hydrogen) atoms. The van der Waals surface area contributed by atoms with E-state index in [4.69, 9.17) is 0 Å². The number of benzene rings is 6. The molecule has 0 saturated carbocycles. The van der Waals surface area contributed by atoms with Crippen LogP contribution in [0, 0.1) is 0 Å². The number of rotatable bonds is 7. The summed E-state index contributed by atoms with van der Waals surface area (Å²) < 4.78 is 0. The zero-order chi connectivity index (χ0) is 37.3. The molecule has 0 radical (unpaired) electrons. The Bertz CT molecular complexity index is 2880. The van der Waals surface area contributed by atoms with Gasteiger partial charge in [0.2, 0.25) is 0 Å². The van der Waals surface area contributed by atoms with Gasteiger partial charge >= 0.3 is 0 Å². The Morgan fingerprint density at radius 1 is 0.232 bits per heavy atom. The number of fused-ring (bicyclic) bond motifs is 3. The van der Waals surface area contributed by atoms with Crippen LogP contribution in [0.1, 0.15) is 0 Å². The first-order valence-corrected chi connectivity index (χ1v) is 18.7. The van der Waals surface area contributed by atoms with Crippen molar-refractivity contribution in [3.63, 3.8) is 0 Å². The fraction of sp³-hybridized carbons (Fsp3) is 0. The Balaban J connectivity index is 1.13. The van der Waals surface area contributed by atoms with Crippen LogP contribution < -0.4 is 0 Å². The van der Waals surface area contributed by atoms with Crippen molar-refractivity contribution in [2.75, 3.05) is 0 Å². The minimum Gasteiger partial charge on any atom is -0.264 e. The number of hydrogen-bond acceptors (Lipinski definition) is 4. The molecule has 0 unspecified atom stereocenters. The molecule has 4 heteroatoms. The normalized spacial score (nSPS) is 11.2. The van der Waals surface area contributed by atoms with Crippen LogP contribution in [0.4, 0.5) is 0 Å². The third-order valence-electron chi connectivity index (χ3n) is 10.5. The van der Waals surface area contributed by atoms with E-state index >= 15 is 0 Å². The van der Waals surface area contributed by atoms with Crippen molar-refractivity contribution in [3.8, 4) is 77.9 Å². The van der Waals surface area contributed by atoms with E-state index in [0.29, 0.717) is 0 Å². The molecule has 0 spiro atoms.